The van der Waals surface area contributed by atoms with Gasteiger partial charge in [0.15, 0.2) is 4.34 Å². The van der Waals surface area contributed by atoms with Crippen LogP contribution in [0.1, 0.15) is 5.56 Å². The maximum atomic E-state index is 12.4. The standard InChI is InChI=1S/C12H11F3N4OS2/c1-16-10-18-19-11(22-10)21-6-9(20)17-8-4-2-7(3-5-8)12(13,14)15/h2-5H,6H2,1H3,(H,16,18)(H,17,20). The normalized spacial score (nSPS) is 11.3. The van der Waals surface area contributed by atoms with Gasteiger partial charge in [-0.3, -0.25) is 4.79 Å². The van der Waals surface area contributed by atoms with Gasteiger partial charge >= 0.3 is 6.18 Å². The molecule has 0 aliphatic carbocycles. The molecule has 1 aromatic heterocycles. The van der Waals surface area contributed by atoms with Crippen LogP contribution in [0.5, 0.6) is 0 Å². The highest BCUT2D eigenvalue weighted by Gasteiger charge is 2.29. The fourth-order valence-corrected chi connectivity index (χ4v) is 2.94. The van der Waals surface area contributed by atoms with E-state index in [1.165, 1.54) is 35.2 Å². The summed E-state index contributed by atoms with van der Waals surface area (Å²) >= 11 is 2.51. The number of carbonyl (C=O) groups is 1. The predicted molar refractivity (Wildman–Crippen MR) is 80.3 cm³/mol. The minimum Gasteiger partial charge on any atom is -0.363 e. The van der Waals surface area contributed by atoms with E-state index >= 15 is 0 Å². The van der Waals surface area contributed by atoms with Crippen molar-refractivity contribution < 1.29 is 18.0 Å². The Morgan fingerprint density at radius 2 is 1.95 bits per heavy atom. The molecule has 0 spiro atoms. The lowest BCUT2D eigenvalue weighted by atomic mass is 10.2. The van der Waals surface area contributed by atoms with Crippen molar-refractivity contribution >= 4 is 39.8 Å². The summed E-state index contributed by atoms with van der Waals surface area (Å²) in [5.74, 6) is -0.231. The Kier molecular flexibility index (Phi) is 5.24. The first-order valence-electron chi connectivity index (χ1n) is 5.99. The minimum absolute atomic E-state index is 0.0966. The Morgan fingerprint density at radius 3 is 2.50 bits per heavy atom. The molecule has 1 aromatic carbocycles. The molecule has 22 heavy (non-hydrogen) atoms. The molecule has 1 amide bonds. The Morgan fingerprint density at radius 1 is 1.27 bits per heavy atom. The molecular formula is C12H11F3N4OS2. The van der Waals surface area contributed by atoms with E-state index in [4.69, 9.17) is 0 Å². The number of aromatic nitrogens is 2. The lowest BCUT2D eigenvalue weighted by Crippen LogP contribution is -2.14. The summed E-state index contributed by atoms with van der Waals surface area (Å²) in [6.45, 7) is 0. The van der Waals surface area contributed by atoms with Gasteiger partial charge in [-0.15, -0.1) is 10.2 Å². The number of hydrogen-bond donors (Lipinski definition) is 2. The summed E-state index contributed by atoms with van der Waals surface area (Å²) in [6.07, 6.45) is -4.39. The molecular weight excluding hydrogens is 337 g/mol. The fraction of sp³-hybridized carbons (Fsp3) is 0.250. The molecule has 0 unspecified atom stereocenters. The zero-order chi connectivity index (χ0) is 16.2. The molecule has 2 N–H and O–H groups in total. The lowest BCUT2D eigenvalue weighted by Gasteiger charge is -2.08. The van der Waals surface area contributed by atoms with Crippen molar-refractivity contribution in [2.45, 2.75) is 10.5 Å². The molecule has 0 saturated carbocycles. The van der Waals surface area contributed by atoms with Gasteiger partial charge in [0.05, 0.1) is 11.3 Å². The van der Waals surface area contributed by atoms with Crippen molar-refractivity contribution in [3.8, 4) is 0 Å². The van der Waals surface area contributed by atoms with E-state index in [2.05, 4.69) is 20.8 Å². The van der Waals surface area contributed by atoms with Gasteiger partial charge in [0.1, 0.15) is 0 Å². The van der Waals surface area contributed by atoms with Crippen LogP contribution < -0.4 is 10.6 Å². The van der Waals surface area contributed by atoms with Crippen LogP contribution in [0.3, 0.4) is 0 Å². The van der Waals surface area contributed by atoms with Crippen molar-refractivity contribution in [2.75, 3.05) is 23.4 Å². The van der Waals surface area contributed by atoms with Gasteiger partial charge in [-0.25, -0.2) is 0 Å². The number of carbonyl (C=O) groups excluding carboxylic acids is 1. The van der Waals surface area contributed by atoms with E-state index in [0.717, 1.165) is 12.1 Å². The molecule has 0 radical (unpaired) electrons. The summed E-state index contributed by atoms with van der Waals surface area (Å²) in [6, 6.07) is 4.28. The van der Waals surface area contributed by atoms with Gasteiger partial charge in [-0.05, 0) is 24.3 Å². The Balaban J connectivity index is 1.86. The number of benzene rings is 1. The van der Waals surface area contributed by atoms with E-state index in [-0.39, 0.29) is 11.7 Å². The molecule has 0 aliphatic heterocycles. The van der Waals surface area contributed by atoms with Crippen LogP contribution in [0.15, 0.2) is 28.6 Å². The van der Waals surface area contributed by atoms with Crippen molar-refractivity contribution in [1.82, 2.24) is 10.2 Å². The molecule has 0 atom stereocenters. The quantitative estimate of drug-likeness (QED) is 0.812. The summed E-state index contributed by atoms with van der Waals surface area (Å²) < 4.78 is 37.9. The predicted octanol–water partition coefficient (Wildman–Crippen LogP) is 3.33. The maximum absolute atomic E-state index is 12.4. The van der Waals surface area contributed by atoms with Crippen LogP contribution in [0.2, 0.25) is 0 Å². The van der Waals surface area contributed by atoms with E-state index in [1.54, 1.807) is 7.05 Å². The number of thioether (sulfide) groups is 1. The second kappa shape index (κ2) is 6.97. The van der Waals surface area contributed by atoms with Crippen LogP contribution in [-0.2, 0) is 11.0 Å². The molecule has 2 aromatic rings. The molecule has 1 heterocycles. The average molecular weight is 348 g/mol. The smallest absolute Gasteiger partial charge is 0.363 e. The highest BCUT2D eigenvalue weighted by Crippen LogP contribution is 2.30. The van der Waals surface area contributed by atoms with Gasteiger partial charge in [-0.1, -0.05) is 23.1 Å². The van der Waals surface area contributed by atoms with E-state index in [0.29, 0.717) is 15.2 Å². The van der Waals surface area contributed by atoms with E-state index in [1.807, 2.05) is 0 Å². The van der Waals surface area contributed by atoms with Crippen LogP contribution in [0.25, 0.3) is 0 Å². The summed E-state index contributed by atoms with van der Waals surface area (Å²) in [5.41, 5.74) is -0.444. The summed E-state index contributed by atoms with van der Waals surface area (Å²) in [5, 5.41) is 13.7. The van der Waals surface area contributed by atoms with E-state index < -0.39 is 11.7 Å². The van der Waals surface area contributed by atoms with Crippen molar-refractivity contribution in [3.63, 3.8) is 0 Å². The molecule has 10 heteroatoms. The monoisotopic (exact) mass is 348 g/mol. The third kappa shape index (κ3) is 4.60. The zero-order valence-corrected chi connectivity index (χ0v) is 12.9. The Bertz CT molecular complexity index is 643. The second-order valence-corrected chi connectivity index (χ2v) is 6.24. The molecule has 2 rings (SSSR count). The molecule has 0 saturated heterocycles. The summed E-state index contributed by atoms with van der Waals surface area (Å²) in [7, 11) is 1.71. The largest absolute Gasteiger partial charge is 0.416 e. The van der Waals surface area contributed by atoms with Crippen LogP contribution in [0.4, 0.5) is 24.0 Å². The van der Waals surface area contributed by atoms with Crippen LogP contribution in [0, 0.1) is 0 Å². The molecule has 0 bridgehead atoms. The maximum Gasteiger partial charge on any atom is 0.416 e. The first kappa shape index (κ1) is 16.6. The zero-order valence-electron chi connectivity index (χ0n) is 11.3. The average Bonchev–Trinajstić information content (AvgIpc) is 2.93. The van der Waals surface area contributed by atoms with Gasteiger partial charge in [-0.2, -0.15) is 13.2 Å². The number of amides is 1. The van der Waals surface area contributed by atoms with Crippen molar-refractivity contribution in [3.05, 3.63) is 29.8 Å². The van der Waals surface area contributed by atoms with Crippen molar-refractivity contribution in [1.29, 1.82) is 0 Å². The fourth-order valence-electron chi connectivity index (χ4n) is 1.44. The minimum atomic E-state index is -4.39. The number of anilines is 2. The summed E-state index contributed by atoms with van der Waals surface area (Å²) in [4.78, 5) is 11.7. The molecule has 0 fully saturated rings. The first-order chi connectivity index (χ1) is 10.4. The number of rotatable bonds is 5. The number of halogens is 3. The third-order valence-electron chi connectivity index (χ3n) is 2.44. The Labute approximate surface area is 132 Å². The number of alkyl halides is 3. The van der Waals surface area contributed by atoms with Gasteiger partial charge in [0, 0.05) is 12.7 Å². The van der Waals surface area contributed by atoms with Crippen LogP contribution >= 0.6 is 23.1 Å². The van der Waals surface area contributed by atoms with Crippen LogP contribution in [-0.4, -0.2) is 28.9 Å². The van der Waals surface area contributed by atoms with Gasteiger partial charge < -0.3 is 10.6 Å². The van der Waals surface area contributed by atoms with Gasteiger partial charge in [0.2, 0.25) is 11.0 Å². The number of hydrogen-bond acceptors (Lipinski definition) is 6. The molecule has 0 aliphatic rings. The topological polar surface area (TPSA) is 66.9 Å². The first-order valence-corrected chi connectivity index (χ1v) is 7.80. The van der Waals surface area contributed by atoms with Gasteiger partial charge in [0.25, 0.3) is 0 Å². The highest BCUT2D eigenvalue weighted by molar-refractivity contribution is 8.01. The second-order valence-electron chi connectivity index (χ2n) is 4.04. The SMILES string of the molecule is CNc1nnc(SCC(=O)Nc2ccc(C(F)(F)F)cc2)s1. The lowest BCUT2D eigenvalue weighted by molar-refractivity contribution is -0.137. The van der Waals surface area contributed by atoms with E-state index in [9.17, 15) is 18.0 Å². The Hall–Kier alpha value is -1.81. The number of nitrogens with zero attached hydrogens (tertiary/aromatic N) is 2. The van der Waals surface area contributed by atoms with Crippen molar-refractivity contribution in [2.24, 2.45) is 0 Å². The molecule has 5 nitrogen and oxygen atoms in total. The number of nitrogens with one attached hydrogen (secondary N) is 2. The third-order valence-corrected chi connectivity index (χ3v) is 4.52. The molecule has 118 valence electrons. The highest BCUT2D eigenvalue weighted by atomic mass is 32.2.